The van der Waals surface area contributed by atoms with Crippen molar-refractivity contribution in [3.8, 4) is 0 Å². The first kappa shape index (κ1) is 13.1. The second-order valence-electron chi connectivity index (χ2n) is 3.61. The predicted octanol–water partition coefficient (Wildman–Crippen LogP) is 3.49. The summed E-state index contributed by atoms with van der Waals surface area (Å²) in [4.78, 5) is 0. The van der Waals surface area contributed by atoms with Crippen LogP contribution in [0.4, 0.5) is 0 Å². The van der Waals surface area contributed by atoms with Crippen LogP contribution in [0.25, 0.3) is 0 Å². The molecular formula is C10H23SSn. The third kappa shape index (κ3) is 6.64. The van der Waals surface area contributed by atoms with E-state index in [1.54, 1.807) is 0 Å². The minimum absolute atomic E-state index is 0.546. The first-order chi connectivity index (χ1) is 5.72. The summed E-state index contributed by atoms with van der Waals surface area (Å²) in [5, 5.41) is 0. The zero-order valence-electron chi connectivity index (χ0n) is 8.55. The molecule has 0 fully saturated rings. The fourth-order valence-corrected chi connectivity index (χ4v) is 11.8. The Bertz CT molecular complexity index is 85.8. The van der Waals surface area contributed by atoms with Gasteiger partial charge in [0.05, 0.1) is 0 Å². The molecule has 2 heteroatoms. The zero-order chi connectivity index (χ0) is 9.40. The topological polar surface area (TPSA) is 0 Å². The van der Waals surface area contributed by atoms with Gasteiger partial charge in [-0.25, -0.2) is 0 Å². The second kappa shape index (κ2) is 8.73. The molecule has 0 aliphatic carbocycles. The molecule has 0 N–H and O–H groups in total. The van der Waals surface area contributed by atoms with Crippen molar-refractivity contribution in [1.82, 2.24) is 0 Å². The van der Waals surface area contributed by atoms with Crippen LogP contribution in [0.15, 0.2) is 0 Å². The summed E-state index contributed by atoms with van der Waals surface area (Å²) >= 11 is 3.25. The van der Waals surface area contributed by atoms with E-state index >= 15 is 0 Å². The first-order valence-corrected chi connectivity index (χ1v) is 12.3. The molecule has 0 rings (SSSR count). The quantitative estimate of drug-likeness (QED) is 0.539. The van der Waals surface area contributed by atoms with Crippen molar-refractivity contribution in [2.24, 2.45) is 0 Å². The molecule has 0 nitrogen and oxygen atoms in total. The van der Waals surface area contributed by atoms with Crippen molar-refractivity contribution < 1.29 is 0 Å². The van der Waals surface area contributed by atoms with Crippen LogP contribution in [0.5, 0.6) is 0 Å². The van der Waals surface area contributed by atoms with Crippen LogP contribution in [0.3, 0.4) is 0 Å². The molecule has 0 bridgehead atoms. The predicted molar refractivity (Wildman–Crippen MR) is 64.7 cm³/mol. The van der Waals surface area contributed by atoms with Crippen molar-refractivity contribution in [3.63, 3.8) is 0 Å². The van der Waals surface area contributed by atoms with Crippen molar-refractivity contribution in [2.75, 3.05) is 0 Å². The summed E-state index contributed by atoms with van der Waals surface area (Å²) in [7, 11) is 0. The summed E-state index contributed by atoms with van der Waals surface area (Å²) in [5.41, 5.74) is 0. The van der Waals surface area contributed by atoms with Crippen LogP contribution in [0.1, 0.15) is 39.5 Å². The molecule has 0 spiro atoms. The molecule has 0 heterocycles. The molecule has 1 atom stereocenters. The molecule has 0 amide bonds. The van der Waals surface area contributed by atoms with Crippen LogP contribution >= 0.6 is 12.6 Å². The Morgan fingerprint density at radius 3 is 1.83 bits per heavy atom. The molecule has 0 aromatic heterocycles. The van der Waals surface area contributed by atoms with Gasteiger partial charge in [0, 0.05) is 0 Å². The van der Waals surface area contributed by atoms with Crippen molar-refractivity contribution in [2.45, 2.75) is 51.7 Å². The third-order valence-electron chi connectivity index (χ3n) is 2.40. The number of hydrogen-bond acceptors (Lipinski definition) is 1. The summed E-state index contributed by atoms with van der Waals surface area (Å²) in [5.74, 6) is 0. The Morgan fingerprint density at radius 1 is 1.17 bits per heavy atom. The zero-order valence-corrected chi connectivity index (χ0v) is 12.7. The molecule has 1 unspecified atom stereocenters. The normalized spacial score (nSPS) is 13.8. The molecule has 12 heavy (non-hydrogen) atoms. The van der Waals surface area contributed by atoms with E-state index in [1.807, 2.05) is 0 Å². The van der Waals surface area contributed by atoms with Crippen LogP contribution in [-0.4, -0.2) is 23.0 Å². The van der Waals surface area contributed by atoms with Gasteiger partial charge in [0.25, 0.3) is 0 Å². The van der Waals surface area contributed by atoms with E-state index in [9.17, 15) is 0 Å². The van der Waals surface area contributed by atoms with Crippen molar-refractivity contribution in [3.05, 3.63) is 6.92 Å². The van der Waals surface area contributed by atoms with Crippen molar-refractivity contribution >= 4 is 32.4 Å². The number of rotatable bonds is 7. The Labute approximate surface area is 90.7 Å². The van der Waals surface area contributed by atoms with E-state index in [0.29, 0.717) is 3.27 Å². The van der Waals surface area contributed by atoms with Crippen LogP contribution < -0.4 is 0 Å². The molecule has 0 aromatic rings. The number of thiol groups is 1. The number of unbranched alkanes of at least 4 members (excludes halogenated alkanes) is 2. The molecular weight excluding hydrogens is 271 g/mol. The molecule has 1 radical (unpaired) electrons. The molecule has 73 valence electrons. The van der Waals surface area contributed by atoms with E-state index in [2.05, 4.69) is 33.4 Å². The van der Waals surface area contributed by atoms with E-state index in [4.69, 9.17) is 0 Å². The summed E-state index contributed by atoms with van der Waals surface area (Å²) in [6.07, 6.45) is 5.55. The fourth-order valence-electron chi connectivity index (χ4n) is 1.46. The molecule has 0 saturated heterocycles. The van der Waals surface area contributed by atoms with Gasteiger partial charge >= 0.3 is 91.0 Å². The Morgan fingerprint density at radius 2 is 1.58 bits per heavy atom. The Hall–Kier alpha value is 1.15. The average molecular weight is 294 g/mol. The summed E-state index contributed by atoms with van der Waals surface area (Å²) in [6.45, 7) is 8.66. The maximum atomic E-state index is 4.52. The first-order valence-electron chi connectivity index (χ1n) is 5.23. The Balaban J connectivity index is 3.55. The van der Waals surface area contributed by atoms with Gasteiger partial charge in [-0.15, -0.1) is 0 Å². The summed E-state index contributed by atoms with van der Waals surface area (Å²) < 4.78 is 3.59. The second-order valence-corrected chi connectivity index (χ2v) is 15.8. The SMILES string of the molecule is [CH2][CH](S)[SnH]([CH2]CCC)[CH2]CCC. The molecule has 0 saturated carbocycles. The Kier molecular flexibility index (Phi) is 9.57. The van der Waals surface area contributed by atoms with Crippen LogP contribution in [0, 0.1) is 6.92 Å². The van der Waals surface area contributed by atoms with Gasteiger partial charge < -0.3 is 0 Å². The van der Waals surface area contributed by atoms with E-state index in [0.717, 1.165) is 0 Å². The van der Waals surface area contributed by atoms with Gasteiger partial charge in [0.1, 0.15) is 0 Å². The van der Waals surface area contributed by atoms with Crippen LogP contribution in [-0.2, 0) is 0 Å². The standard InChI is InChI=1S/2C4H9.C2H4S.Sn.H/c2*1-3-4-2;1-2-3;;/h2*1,3-4H2,2H3;2-3H,1H2;;. The summed E-state index contributed by atoms with van der Waals surface area (Å²) in [6, 6.07) is 0. The van der Waals surface area contributed by atoms with Gasteiger partial charge in [0.2, 0.25) is 0 Å². The van der Waals surface area contributed by atoms with Gasteiger partial charge in [-0.2, -0.15) is 0 Å². The van der Waals surface area contributed by atoms with Gasteiger partial charge in [-0.3, -0.25) is 0 Å². The minimum atomic E-state index is -1.27. The average Bonchev–Trinajstić information content (AvgIpc) is 2.04. The van der Waals surface area contributed by atoms with E-state index in [-0.39, 0.29) is 0 Å². The molecule has 0 aromatic carbocycles. The molecule has 0 aliphatic rings. The van der Waals surface area contributed by atoms with E-state index < -0.39 is 19.8 Å². The van der Waals surface area contributed by atoms with Gasteiger partial charge in [0.15, 0.2) is 0 Å². The van der Waals surface area contributed by atoms with Gasteiger partial charge in [-0.1, -0.05) is 0 Å². The van der Waals surface area contributed by atoms with E-state index in [1.165, 1.54) is 34.6 Å². The van der Waals surface area contributed by atoms with Gasteiger partial charge in [-0.05, 0) is 0 Å². The number of hydrogen-bond donors (Lipinski definition) is 1. The third-order valence-corrected chi connectivity index (χ3v) is 14.9. The molecule has 0 aliphatic heterocycles. The maximum absolute atomic E-state index is 4.52. The monoisotopic (exact) mass is 295 g/mol. The van der Waals surface area contributed by atoms with Crippen molar-refractivity contribution in [1.29, 1.82) is 0 Å². The fraction of sp³-hybridized carbons (Fsp3) is 0.900. The van der Waals surface area contributed by atoms with Crippen LogP contribution in [0.2, 0.25) is 8.87 Å².